The van der Waals surface area contributed by atoms with Crippen LogP contribution in [0, 0.1) is 6.92 Å². The molecule has 3 nitrogen and oxygen atoms in total. The topological polar surface area (TPSA) is 33.8 Å². The maximum absolute atomic E-state index is 12.7. The summed E-state index contributed by atoms with van der Waals surface area (Å²) in [6.07, 6.45) is 2.60. The first-order valence-corrected chi connectivity index (χ1v) is 6.68. The number of carbonyl (C=O) groups excluding carboxylic acids is 1. The third-order valence-electron chi connectivity index (χ3n) is 3.92. The van der Waals surface area contributed by atoms with Gasteiger partial charge in [-0.05, 0) is 18.6 Å². The average molecular weight is 261 g/mol. The molecule has 3 heteroatoms. The Balaban J connectivity index is 2.10. The van der Waals surface area contributed by atoms with Crippen molar-refractivity contribution in [2.24, 2.45) is 0 Å². The summed E-state index contributed by atoms with van der Waals surface area (Å²) in [7, 11) is 0. The molecular weight excluding hydrogens is 248 g/mol. The molecule has 3 heterocycles. The highest BCUT2D eigenvalue weighted by molar-refractivity contribution is 5.98. The highest BCUT2D eigenvalue weighted by atomic mass is 16.2. The molecule has 20 heavy (non-hydrogen) atoms. The van der Waals surface area contributed by atoms with Crippen LogP contribution in [0.15, 0.2) is 48.7 Å². The highest BCUT2D eigenvalue weighted by Crippen LogP contribution is 2.27. The molecule has 1 aliphatic rings. The molecule has 0 saturated heterocycles. The molecule has 0 spiro atoms. The van der Waals surface area contributed by atoms with Crippen LogP contribution < -0.4 is 4.57 Å². The van der Waals surface area contributed by atoms with Crippen LogP contribution in [0.4, 0.5) is 0 Å². The van der Waals surface area contributed by atoms with Gasteiger partial charge in [0.1, 0.15) is 5.56 Å². The number of para-hydroxylation sites is 1. The van der Waals surface area contributed by atoms with Gasteiger partial charge in [-0.3, -0.25) is 4.98 Å². The van der Waals surface area contributed by atoms with Crippen molar-refractivity contribution in [2.45, 2.75) is 13.3 Å². The number of carbonyl (C=O) groups is 1. The first-order chi connectivity index (χ1) is 9.75. The van der Waals surface area contributed by atoms with Crippen LogP contribution in [-0.4, -0.2) is 10.9 Å². The van der Waals surface area contributed by atoms with Gasteiger partial charge in [-0.15, -0.1) is 4.57 Å². The zero-order chi connectivity index (χ0) is 13.7. The lowest BCUT2D eigenvalue weighted by atomic mass is 9.93. The Bertz CT molecular complexity index is 868. The summed E-state index contributed by atoms with van der Waals surface area (Å²) in [4.78, 5) is 17.3. The monoisotopic (exact) mass is 261 g/mol. The van der Waals surface area contributed by atoms with Crippen molar-refractivity contribution >= 4 is 16.8 Å². The largest absolute Gasteiger partial charge is 0.427 e. The Morgan fingerprint density at radius 3 is 2.80 bits per heavy atom. The van der Waals surface area contributed by atoms with E-state index >= 15 is 0 Å². The standard InChI is InChI=1S/C17H13N2O/c1-11-16-14(13-7-2-3-8-15(13)18-11)10-12-6-4-5-9-19(12)17(16)20/h2-9H,10H2,1H3/q+1. The molecule has 0 N–H and O–H groups in total. The number of nitrogens with zero attached hydrogens (tertiary/aromatic N) is 2. The molecule has 4 rings (SSSR count). The van der Waals surface area contributed by atoms with Crippen molar-refractivity contribution in [1.82, 2.24) is 4.98 Å². The molecule has 0 saturated carbocycles. The van der Waals surface area contributed by atoms with Crippen LogP contribution >= 0.6 is 0 Å². The molecule has 3 aromatic rings. The Morgan fingerprint density at radius 2 is 1.90 bits per heavy atom. The van der Waals surface area contributed by atoms with Gasteiger partial charge in [-0.1, -0.05) is 24.3 Å². The number of rotatable bonds is 0. The molecule has 1 aliphatic heterocycles. The van der Waals surface area contributed by atoms with Crippen molar-refractivity contribution in [3.63, 3.8) is 0 Å². The number of aryl methyl sites for hydroxylation is 1. The van der Waals surface area contributed by atoms with Crippen LogP contribution in [0.1, 0.15) is 27.3 Å². The lowest BCUT2D eigenvalue weighted by molar-refractivity contribution is -0.580. The second kappa shape index (κ2) is 3.97. The molecule has 0 bridgehead atoms. The normalized spacial score (nSPS) is 13.2. The zero-order valence-corrected chi connectivity index (χ0v) is 11.1. The number of fused-ring (bicyclic) bond motifs is 4. The third kappa shape index (κ3) is 1.43. The van der Waals surface area contributed by atoms with E-state index in [-0.39, 0.29) is 5.91 Å². The fourth-order valence-electron chi connectivity index (χ4n) is 3.01. The van der Waals surface area contributed by atoms with E-state index in [2.05, 4.69) is 4.98 Å². The van der Waals surface area contributed by atoms with Crippen LogP contribution in [0.3, 0.4) is 0 Å². The smallest absolute Gasteiger partial charge is 0.252 e. The number of hydrogen-bond acceptors (Lipinski definition) is 2. The molecule has 1 aromatic carbocycles. The van der Waals surface area contributed by atoms with Crippen molar-refractivity contribution in [3.8, 4) is 0 Å². The van der Waals surface area contributed by atoms with Crippen molar-refractivity contribution in [2.75, 3.05) is 0 Å². The van der Waals surface area contributed by atoms with E-state index in [1.807, 2.05) is 55.6 Å². The van der Waals surface area contributed by atoms with Gasteiger partial charge in [-0.2, -0.15) is 0 Å². The summed E-state index contributed by atoms with van der Waals surface area (Å²) >= 11 is 0. The quantitative estimate of drug-likeness (QED) is 0.455. The SMILES string of the molecule is Cc1nc2ccccc2c2c1C(=O)[n+]1ccccc1C2. The number of benzene rings is 1. The molecule has 0 amide bonds. The minimum atomic E-state index is 0.0256. The first-order valence-electron chi connectivity index (χ1n) is 6.68. The van der Waals surface area contributed by atoms with E-state index in [9.17, 15) is 4.79 Å². The van der Waals surface area contributed by atoms with E-state index in [1.54, 1.807) is 4.57 Å². The molecule has 2 aromatic heterocycles. The van der Waals surface area contributed by atoms with Crippen molar-refractivity contribution in [1.29, 1.82) is 0 Å². The maximum Gasteiger partial charge on any atom is 0.427 e. The van der Waals surface area contributed by atoms with Crippen LogP contribution in [0.2, 0.25) is 0 Å². The molecule has 0 atom stereocenters. The summed E-state index contributed by atoms with van der Waals surface area (Å²) in [6, 6.07) is 13.9. The summed E-state index contributed by atoms with van der Waals surface area (Å²) in [5.74, 6) is 0.0256. The van der Waals surface area contributed by atoms with Gasteiger partial charge in [0.05, 0.1) is 17.6 Å². The van der Waals surface area contributed by atoms with Gasteiger partial charge in [0, 0.05) is 17.5 Å². The molecule has 0 fully saturated rings. The van der Waals surface area contributed by atoms with E-state index < -0.39 is 0 Å². The van der Waals surface area contributed by atoms with Gasteiger partial charge < -0.3 is 0 Å². The van der Waals surface area contributed by atoms with E-state index in [0.717, 1.165) is 39.8 Å². The predicted molar refractivity (Wildman–Crippen MR) is 75.7 cm³/mol. The van der Waals surface area contributed by atoms with Gasteiger partial charge in [0.15, 0.2) is 11.9 Å². The molecular formula is C17H13N2O+. The Hall–Kier alpha value is -2.55. The van der Waals surface area contributed by atoms with Gasteiger partial charge in [0.2, 0.25) is 0 Å². The number of hydrogen-bond donors (Lipinski definition) is 0. The van der Waals surface area contributed by atoms with Gasteiger partial charge >= 0.3 is 5.91 Å². The summed E-state index contributed by atoms with van der Waals surface area (Å²) in [5.41, 5.74) is 4.66. The van der Waals surface area contributed by atoms with Crippen molar-refractivity contribution in [3.05, 3.63) is 71.2 Å². The lowest BCUT2D eigenvalue weighted by Crippen LogP contribution is -2.49. The number of pyridine rings is 2. The zero-order valence-electron chi connectivity index (χ0n) is 11.1. The molecule has 0 aliphatic carbocycles. The Labute approximate surface area is 116 Å². The fraction of sp³-hybridized carbons (Fsp3) is 0.118. The second-order valence-corrected chi connectivity index (χ2v) is 5.11. The summed E-state index contributed by atoms with van der Waals surface area (Å²) < 4.78 is 1.73. The van der Waals surface area contributed by atoms with Gasteiger partial charge in [0.25, 0.3) is 0 Å². The minimum absolute atomic E-state index is 0.0256. The third-order valence-corrected chi connectivity index (χ3v) is 3.92. The lowest BCUT2D eigenvalue weighted by Gasteiger charge is -2.16. The highest BCUT2D eigenvalue weighted by Gasteiger charge is 2.33. The second-order valence-electron chi connectivity index (χ2n) is 5.11. The van der Waals surface area contributed by atoms with E-state index in [1.165, 1.54) is 0 Å². The summed E-state index contributed by atoms with van der Waals surface area (Å²) in [6.45, 7) is 1.91. The van der Waals surface area contributed by atoms with Crippen LogP contribution in [0.5, 0.6) is 0 Å². The molecule has 96 valence electrons. The number of aromatic nitrogens is 2. The predicted octanol–water partition coefficient (Wildman–Crippen LogP) is 2.42. The first kappa shape index (κ1) is 11.3. The van der Waals surface area contributed by atoms with Gasteiger partial charge in [-0.25, -0.2) is 4.79 Å². The van der Waals surface area contributed by atoms with E-state index in [4.69, 9.17) is 0 Å². The van der Waals surface area contributed by atoms with Crippen LogP contribution in [0.25, 0.3) is 10.9 Å². The minimum Gasteiger partial charge on any atom is -0.252 e. The van der Waals surface area contributed by atoms with Crippen LogP contribution in [-0.2, 0) is 6.42 Å². The average Bonchev–Trinajstić information content (AvgIpc) is 2.47. The maximum atomic E-state index is 12.7. The molecule has 0 unspecified atom stereocenters. The summed E-state index contributed by atoms with van der Waals surface area (Å²) in [5, 5.41) is 1.08. The molecule has 0 radical (unpaired) electrons. The fourth-order valence-corrected chi connectivity index (χ4v) is 3.01. The Kier molecular flexibility index (Phi) is 2.24. The van der Waals surface area contributed by atoms with E-state index in [0.29, 0.717) is 0 Å². The Morgan fingerprint density at radius 1 is 1.10 bits per heavy atom. The van der Waals surface area contributed by atoms with Crippen molar-refractivity contribution < 1.29 is 9.36 Å².